The second-order valence-corrected chi connectivity index (χ2v) is 8.86. The lowest BCUT2D eigenvalue weighted by atomic mass is 10.0. The Balaban J connectivity index is 1.58. The lowest BCUT2D eigenvalue weighted by Crippen LogP contribution is -2.54. The van der Waals surface area contributed by atoms with Gasteiger partial charge in [0.2, 0.25) is 11.8 Å². The van der Waals surface area contributed by atoms with Crippen LogP contribution in [0, 0.1) is 11.8 Å². The summed E-state index contributed by atoms with van der Waals surface area (Å²) in [6.45, 7) is 5.85. The first-order valence-electron chi connectivity index (χ1n) is 10.9. The fourth-order valence-corrected chi connectivity index (χ4v) is 3.62. The van der Waals surface area contributed by atoms with Crippen molar-refractivity contribution in [2.24, 2.45) is 0 Å². The van der Waals surface area contributed by atoms with Gasteiger partial charge in [0, 0.05) is 24.9 Å². The number of hydrogen-bond acceptors (Lipinski definition) is 6. The van der Waals surface area contributed by atoms with E-state index in [4.69, 9.17) is 4.74 Å². The smallest absolute Gasteiger partial charge is 0.407 e. The summed E-state index contributed by atoms with van der Waals surface area (Å²) in [7, 11) is 0. The molecule has 5 amide bonds. The zero-order valence-electron chi connectivity index (χ0n) is 18.9. The third-order valence-corrected chi connectivity index (χ3v) is 5.09. The van der Waals surface area contributed by atoms with Crippen LogP contribution in [0.5, 0.6) is 0 Å². The van der Waals surface area contributed by atoms with Crippen LogP contribution in [0.1, 0.15) is 79.2 Å². The molecule has 0 saturated carbocycles. The Kier molecular flexibility index (Phi) is 7.16. The molecule has 1 aromatic carbocycles. The molecule has 1 saturated heterocycles. The van der Waals surface area contributed by atoms with Gasteiger partial charge in [-0.15, -0.1) is 0 Å². The van der Waals surface area contributed by atoms with Crippen molar-refractivity contribution in [1.29, 1.82) is 0 Å². The van der Waals surface area contributed by atoms with Crippen LogP contribution in [0.15, 0.2) is 18.2 Å². The average molecular weight is 453 g/mol. The van der Waals surface area contributed by atoms with Crippen LogP contribution in [0.25, 0.3) is 0 Å². The van der Waals surface area contributed by atoms with Crippen LogP contribution in [0.2, 0.25) is 0 Å². The number of piperidine rings is 1. The molecule has 0 aromatic heterocycles. The Morgan fingerprint density at radius 3 is 2.64 bits per heavy atom. The van der Waals surface area contributed by atoms with E-state index in [0.717, 1.165) is 11.3 Å². The molecule has 9 heteroatoms. The van der Waals surface area contributed by atoms with E-state index in [0.29, 0.717) is 24.9 Å². The third kappa shape index (κ3) is 5.77. The van der Waals surface area contributed by atoms with E-state index in [1.54, 1.807) is 32.9 Å². The normalized spacial score (nSPS) is 17.8. The van der Waals surface area contributed by atoms with E-state index in [2.05, 4.69) is 22.5 Å². The van der Waals surface area contributed by atoms with Gasteiger partial charge in [-0.1, -0.05) is 17.9 Å². The van der Waals surface area contributed by atoms with Gasteiger partial charge in [0.05, 0.1) is 11.1 Å². The second kappa shape index (κ2) is 9.86. The fraction of sp³-hybridized carbons (Fsp3) is 0.458. The molecule has 0 bridgehead atoms. The van der Waals surface area contributed by atoms with Gasteiger partial charge >= 0.3 is 6.09 Å². The number of rotatable bonds is 5. The van der Waals surface area contributed by atoms with Crippen LogP contribution >= 0.6 is 0 Å². The molecule has 2 aliphatic rings. The zero-order valence-corrected chi connectivity index (χ0v) is 18.9. The third-order valence-electron chi connectivity index (χ3n) is 5.09. The highest BCUT2D eigenvalue weighted by Gasteiger charge is 2.45. The Bertz CT molecular complexity index is 1060. The maximum atomic E-state index is 13.0. The second-order valence-electron chi connectivity index (χ2n) is 8.86. The molecule has 33 heavy (non-hydrogen) atoms. The Hall–Kier alpha value is -3.67. The number of ether oxygens (including phenoxy) is 1. The number of unbranched alkanes of at least 4 members (excludes halogenated alkanes) is 2. The molecule has 1 unspecified atom stereocenters. The zero-order chi connectivity index (χ0) is 24.2. The molecule has 1 atom stereocenters. The van der Waals surface area contributed by atoms with Crippen molar-refractivity contribution in [3.05, 3.63) is 34.9 Å². The van der Waals surface area contributed by atoms with Gasteiger partial charge in [-0.05, 0) is 52.2 Å². The molecule has 2 aliphatic heterocycles. The largest absolute Gasteiger partial charge is 0.444 e. The van der Waals surface area contributed by atoms with Crippen molar-refractivity contribution in [1.82, 2.24) is 15.5 Å². The number of nitrogens with one attached hydrogen (secondary N) is 2. The average Bonchev–Trinajstić information content (AvgIpc) is 2.97. The van der Waals surface area contributed by atoms with Crippen molar-refractivity contribution >= 4 is 29.7 Å². The molecule has 0 radical (unpaired) electrons. The van der Waals surface area contributed by atoms with Crippen molar-refractivity contribution in [2.75, 3.05) is 6.54 Å². The molecule has 3 rings (SSSR count). The van der Waals surface area contributed by atoms with E-state index in [9.17, 15) is 24.0 Å². The molecule has 0 spiro atoms. The van der Waals surface area contributed by atoms with E-state index in [1.807, 2.05) is 0 Å². The summed E-state index contributed by atoms with van der Waals surface area (Å²) in [5.41, 5.74) is 0.273. The highest BCUT2D eigenvalue weighted by molar-refractivity contribution is 6.24. The predicted octanol–water partition coefficient (Wildman–Crippen LogP) is 2.13. The lowest BCUT2D eigenvalue weighted by molar-refractivity contribution is -0.136. The van der Waals surface area contributed by atoms with Gasteiger partial charge in [0.1, 0.15) is 11.6 Å². The SMILES string of the molecule is CC(C)(C)OC(=O)NCCCCC#Cc1cccc2c1C(=O)N(C1CCC(=O)NC1=O)C2=O. The highest BCUT2D eigenvalue weighted by atomic mass is 16.6. The molecule has 1 aromatic rings. The molecular formula is C24H27N3O6. The number of nitrogens with zero attached hydrogens (tertiary/aromatic N) is 1. The van der Waals surface area contributed by atoms with Crippen LogP contribution in [0.4, 0.5) is 4.79 Å². The minimum atomic E-state index is -1.01. The number of benzene rings is 1. The first-order valence-corrected chi connectivity index (χ1v) is 10.9. The quantitative estimate of drug-likeness (QED) is 0.400. The van der Waals surface area contributed by atoms with Crippen molar-refractivity contribution in [3.8, 4) is 11.8 Å². The molecule has 2 N–H and O–H groups in total. The van der Waals surface area contributed by atoms with Crippen molar-refractivity contribution in [3.63, 3.8) is 0 Å². The van der Waals surface area contributed by atoms with Gasteiger partial charge in [0.15, 0.2) is 0 Å². The summed E-state index contributed by atoms with van der Waals surface area (Å²) in [5, 5.41) is 4.86. The minimum absolute atomic E-state index is 0.0687. The lowest BCUT2D eigenvalue weighted by Gasteiger charge is -2.27. The monoisotopic (exact) mass is 453 g/mol. The summed E-state index contributed by atoms with van der Waals surface area (Å²) in [6, 6.07) is 3.84. The fourth-order valence-electron chi connectivity index (χ4n) is 3.62. The number of hydrogen-bond donors (Lipinski definition) is 2. The van der Waals surface area contributed by atoms with Crippen LogP contribution in [-0.2, 0) is 14.3 Å². The topological polar surface area (TPSA) is 122 Å². The summed E-state index contributed by atoms with van der Waals surface area (Å²) >= 11 is 0. The van der Waals surface area contributed by atoms with Crippen molar-refractivity contribution in [2.45, 2.75) is 64.5 Å². The van der Waals surface area contributed by atoms with Crippen LogP contribution < -0.4 is 10.6 Å². The summed E-state index contributed by atoms with van der Waals surface area (Å²) in [4.78, 5) is 62.0. The number of carbonyl (C=O) groups excluding carboxylic acids is 5. The van der Waals surface area contributed by atoms with E-state index in [1.165, 1.54) is 6.07 Å². The maximum absolute atomic E-state index is 13.0. The molecule has 2 heterocycles. The van der Waals surface area contributed by atoms with E-state index >= 15 is 0 Å². The van der Waals surface area contributed by atoms with Crippen LogP contribution in [0.3, 0.4) is 0 Å². The number of fused-ring (bicyclic) bond motifs is 1. The molecular weight excluding hydrogens is 426 g/mol. The van der Waals surface area contributed by atoms with Gasteiger partial charge in [-0.2, -0.15) is 0 Å². The standard InChI is InChI=1S/C24H27N3O6/c1-24(2,3)33-23(32)25-14-7-5-4-6-9-15-10-8-11-16-19(15)22(31)27(21(16)30)17-12-13-18(28)26-20(17)29/h8,10-11,17H,4-5,7,12-14H2,1-3H3,(H,25,32)(H,26,28,29). The van der Waals surface area contributed by atoms with Gasteiger partial charge < -0.3 is 10.1 Å². The van der Waals surface area contributed by atoms with E-state index in [-0.39, 0.29) is 24.0 Å². The Labute approximate surface area is 192 Å². The highest BCUT2D eigenvalue weighted by Crippen LogP contribution is 2.29. The minimum Gasteiger partial charge on any atom is -0.444 e. The maximum Gasteiger partial charge on any atom is 0.407 e. The first kappa shape index (κ1) is 24.0. The van der Waals surface area contributed by atoms with E-state index < -0.39 is 41.4 Å². The summed E-state index contributed by atoms with van der Waals surface area (Å²) < 4.78 is 5.17. The Morgan fingerprint density at radius 2 is 1.94 bits per heavy atom. The first-order chi connectivity index (χ1) is 15.6. The molecule has 0 aliphatic carbocycles. The number of alkyl carbamates (subject to hydrolysis) is 1. The van der Waals surface area contributed by atoms with Crippen molar-refractivity contribution < 1.29 is 28.7 Å². The number of amides is 5. The summed E-state index contributed by atoms with van der Waals surface area (Å²) in [5.74, 6) is 3.77. The molecule has 1 fully saturated rings. The van der Waals surface area contributed by atoms with Gasteiger partial charge in [-0.25, -0.2) is 4.79 Å². The molecule has 174 valence electrons. The number of imide groups is 2. The molecule has 9 nitrogen and oxygen atoms in total. The van der Waals surface area contributed by atoms with Gasteiger partial charge in [0.25, 0.3) is 11.8 Å². The van der Waals surface area contributed by atoms with Gasteiger partial charge in [-0.3, -0.25) is 29.4 Å². The predicted molar refractivity (Wildman–Crippen MR) is 118 cm³/mol. The Morgan fingerprint density at radius 1 is 1.18 bits per heavy atom. The number of carbonyl (C=O) groups is 5. The summed E-state index contributed by atoms with van der Waals surface area (Å²) in [6.07, 6.45) is 1.69. The van der Waals surface area contributed by atoms with Crippen LogP contribution in [-0.4, -0.2) is 52.8 Å².